The van der Waals surface area contributed by atoms with Gasteiger partial charge in [0.25, 0.3) is 5.91 Å². The monoisotopic (exact) mass is 264 g/mol. The fourth-order valence-electron chi connectivity index (χ4n) is 1.49. The van der Waals surface area contributed by atoms with Crippen LogP contribution in [0.1, 0.15) is 15.9 Å². The van der Waals surface area contributed by atoms with Crippen LogP contribution in [0.3, 0.4) is 0 Å². The number of hydrogen-bond acceptors (Lipinski definition) is 3. The van der Waals surface area contributed by atoms with Gasteiger partial charge in [-0.3, -0.25) is 4.79 Å². The maximum atomic E-state index is 13.4. The number of para-hydroxylation sites is 1. The molecule has 0 fully saturated rings. The van der Waals surface area contributed by atoms with E-state index in [1.807, 2.05) is 0 Å². The smallest absolute Gasteiger partial charge is 0.254 e. The van der Waals surface area contributed by atoms with Gasteiger partial charge in [0.05, 0.1) is 0 Å². The minimum atomic E-state index is -0.891. The van der Waals surface area contributed by atoms with Gasteiger partial charge in [-0.2, -0.15) is 0 Å². The number of halogens is 2. The summed E-state index contributed by atoms with van der Waals surface area (Å²) < 4.78 is 31.9. The Kier molecular flexibility index (Phi) is 3.41. The zero-order valence-corrected chi connectivity index (χ0v) is 9.98. The molecule has 0 aliphatic heterocycles. The summed E-state index contributed by atoms with van der Waals surface area (Å²) in [6.07, 6.45) is 1.40. The SMILES string of the molecule is Cc1cnc(Oc2c(F)cccc2F)c(C(N)=O)c1. The van der Waals surface area contributed by atoms with Crippen LogP contribution < -0.4 is 10.5 Å². The number of benzene rings is 1. The maximum Gasteiger partial charge on any atom is 0.254 e. The largest absolute Gasteiger partial charge is 0.432 e. The Bertz CT molecular complexity index is 624. The van der Waals surface area contributed by atoms with E-state index in [-0.39, 0.29) is 11.4 Å². The van der Waals surface area contributed by atoms with E-state index in [4.69, 9.17) is 10.5 Å². The van der Waals surface area contributed by atoms with Gasteiger partial charge in [0, 0.05) is 6.20 Å². The van der Waals surface area contributed by atoms with Crippen molar-refractivity contribution in [1.29, 1.82) is 0 Å². The van der Waals surface area contributed by atoms with Crippen LogP contribution in [-0.2, 0) is 0 Å². The fraction of sp³-hybridized carbons (Fsp3) is 0.0769. The van der Waals surface area contributed by atoms with Gasteiger partial charge in [0.15, 0.2) is 11.6 Å². The molecule has 0 bridgehead atoms. The van der Waals surface area contributed by atoms with E-state index in [9.17, 15) is 13.6 Å². The van der Waals surface area contributed by atoms with Crippen molar-refractivity contribution in [2.75, 3.05) is 0 Å². The second-order valence-corrected chi connectivity index (χ2v) is 3.88. The Morgan fingerprint density at radius 3 is 2.53 bits per heavy atom. The van der Waals surface area contributed by atoms with Gasteiger partial charge < -0.3 is 10.5 Å². The lowest BCUT2D eigenvalue weighted by Crippen LogP contribution is -2.13. The zero-order valence-electron chi connectivity index (χ0n) is 9.98. The van der Waals surface area contributed by atoms with E-state index < -0.39 is 23.3 Å². The summed E-state index contributed by atoms with van der Waals surface area (Å²) in [5.41, 5.74) is 5.80. The number of carbonyl (C=O) groups excluding carboxylic acids is 1. The molecule has 1 heterocycles. The molecule has 0 aliphatic rings. The van der Waals surface area contributed by atoms with Crippen molar-refractivity contribution >= 4 is 5.91 Å². The highest BCUT2D eigenvalue weighted by molar-refractivity contribution is 5.95. The number of amides is 1. The summed E-state index contributed by atoms with van der Waals surface area (Å²) in [5, 5.41) is 0. The summed E-state index contributed by atoms with van der Waals surface area (Å²) in [4.78, 5) is 15.1. The molecule has 4 nitrogen and oxygen atoms in total. The van der Waals surface area contributed by atoms with Gasteiger partial charge in [-0.25, -0.2) is 13.8 Å². The lowest BCUT2D eigenvalue weighted by atomic mass is 10.2. The average molecular weight is 264 g/mol. The molecule has 0 aliphatic carbocycles. The average Bonchev–Trinajstić information content (AvgIpc) is 2.35. The number of carbonyl (C=O) groups is 1. The van der Waals surface area contributed by atoms with E-state index in [0.717, 1.165) is 12.1 Å². The zero-order chi connectivity index (χ0) is 14.0. The topological polar surface area (TPSA) is 65.2 Å². The van der Waals surface area contributed by atoms with Crippen molar-refractivity contribution in [2.45, 2.75) is 6.92 Å². The van der Waals surface area contributed by atoms with Crippen LogP contribution in [0, 0.1) is 18.6 Å². The molecule has 1 amide bonds. The molecule has 1 aromatic heterocycles. The van der Waals surface area contributed by atoms with Crippen molar-refractivity contribution in [3.63, 3.8) is 0 Å². The quantitative estimate of drug-likeness (QED) is 0.926. The van der Waals surface area contributed by atoms with E-state index in [1.54, 1.807) is 6.92 Å². The van der Waals surface area contributed by atoms with Gasteiger partial charge in [-0.1, -0.05) is 6.07 Å². The van der Waals surface area contributed by atoms with Gasteiger partial charge >= 0.3 is 0 Å². The molecule has 0 unspecified atom stereocenters. The van der Waals surface area contributed by atoms with Crippen molar-refractivity contribution in [3.8, 4) is 11.6 Å². The number of nitrogens with zero attached hydrogens (tertiary/aromatic N) is 1. The second kappa shape index (κ2) is 5.01. The first kappa shape index (κ1) is 12.9. The number of pyridine rings is 1. The molecular formula is C13H10F2N2O2. The predicted molar refractivity (Wildman–Crippen MR) is 63.9 cm³/mol. The van der Waals surface area contributed by atoms with Crippen LogP contribution in [0.2, 0.25) is 0 Å². The van der Waals surface area contributed by atoms with E-state index in [0.29, 0.717) is 5.56 Å². The van der Waals surface area contributed by atoms with Crippen LogP contribution in [0.15, 0.2) is 30.5 Å². The number of ether oxygens (including phenoxy) is 1. The van der Waals surface area contributed by atoms with Crippen molar-refractivity contribution in [1.82, 2.24) is 4.98 Å². The molecule has 19 heavy (non-hydrogen) atoms. The number of aromatic nitrogens is 1. The Balaban J connectivity index is 2.47. The number of nitrogens with two attached hydrogens (primary N) is 1. The first-order valence-electron chi connectivity index (χ1n) is 5.37. The van der Waals surface area contributed by atoms with Crippen molar-refractivity contribution < 1.29 is 18.3 Å². The number of rotatable bonds is 3. The summed E-state index contributed by atoms with van der Waals surface area (Å²) in [7, 11) is 0. The molecule has 6 heteroatoms. The third-order valence-electron chi connectivity index (χ3n) is 2.37. The second-order valence-electron chi connectivity index (χ2n) is 3.88. The van der Waals surface area contributed by atoms with Crippen LogP contribution in [-0.4, -0.2) is 10.9 Å². The first-order valence-corrected chi connectivity index (χ1v) is 5.37. The molecule has 0 saturated carbocycles. The summed E-state index contributed by atoms with van der Waals surface area (Å²) in [5.74, 6) is -3.43. The van der Waals surface area contributed by atoms with Gasteiger partial charge in [-0.05, 0) is 30.7 Å². The highest BCUT2D eigenvalue weighted by atomic mass is 19.1. The molecule has 2 rings (SSSR count). The van der Waals surface area contributed by atoms with Crippen LogP contribution >= 0.6 is 0 Å². The molecule has 0 spiro atoms. The lowest BCUT2D eigenvalue weighted by Gasteiger charge is -2.09. The highest BCUT2D eigenvalue weighted by Crippen LogP contribution is 2.28. The molecule has 98 valence electrons. The van der Waals surface area contributed by atoms with Crippen molar-refractivity contribution in [2.24, 2.45) is 5.73 Å². The maximum absolute atomic E-state index is 13.4. The van der Waals surface area contributed by atoms with Crippen LogP contribution in [0.5, 0.6) is 11.6 Å². The van der Waals surface area contributed by atoms with Crippen molar-refractivity contribution in [3.05, 3.63) is 53.2 Å². The minimum Gasteiger partial charge on any atom is -0.432 e. The van der Waals surface area contributed by atoms with Gasteiger partial charge in [0.1, 0.15) is 5.56 Å². The Hall–Kier alpha value is -2.50. The lowest BCUT2D eigenvalue weighted by molar-refractivity contribution is 0.0997. The Morgan fingerprint density at radius 2 is 1.95 bits per heavy atom. The molecule has 1 aromatic carbocycles. The third-order valence-corrected chi connectivity index (χ3v) is 2.37. The van der Waals surface area contributed by atoms with Crippen LogP contribution in [0.25, 0.3) is 0 Å². The van der Waals surface area contributed by atoms with Gasteiger partial charge in [-0.15, -0.1) is 0 Å². The standard InChI is InChI=1S/C13H10F2N2O2/c1-7-5-8(12(16)18)13(17-6-7)19-11-9(14)3-2-4-10(11)15/h2-6H,1H3,(H2,16,18). The molecule has 0 radical (unpaired) electrons. The molecule has 0 saturated heterocycles. The number of primary amides is 1. The Morgan fingerprint density at radius 1 is 1.32 bits per heavy atom. The van der Waals surface area contributed by atoms with Crippen LogP contribution in [0.4, 0.5) is 8.78 Å². The normalized spacial score (nSPS) is 10.3. The number of aryl methyl sites for hydroxylation is 1. The summed E-state index contributed by atoms with van der Waals surface area (Å²) in [6, 6.07) is 4.71. The highest BCUT2D eigenvalue weighted by Gasteiger charge is 2.17. The minimum absolute atomic E-state index is 0.0392. The predicted octanol–water partition coefficient (Wildman–Crippen LogP) is 2.56. The van der Waals surface area contributed by atoms with Gasteiger partial charge in [0.2, 0.25) is 11.6 Å². The Labute approximate surface area is 107 Å². The first-order chi connectivity index (χ1) is 8.99. The molecule has 0 atom stereocenters. The summed E-state index contributed by atoms with van der Waals surface area (Å²) >= 11 is 0. The van der Waals surface area contributed by atoms with E-state index in [2.05, 4.69) is 4.98 Å². The van der Waals surface area contributed by atoms with E-state index in [1.165, 1.54) is 18.3 Å². The molecular weight excluding hydrogens is 254 g/mol. The fourth-order valence-corrected chi connectivity index (χ4v) is 1.49. The number of hydrogen-bond donors (Lipinski definition) is 1. The molecule has 2 N–H and O–H groups in total. The third kappa shape index (κ3) is 2.67. The summed E-state index contributed by atoms with van der Waals surface area (Å²) in [6.45, 7) is 1.70. The van der Waals surface area contributed by atoms with E-state index >= 15 is 0 Å². The molecule has 2 aromatic rings.